The SMILES string of the molecule is CC(C)(C)c1ccc2c(c1CCc1c(C(C)(C)C)ccc3c1Cc1ccccc1-3)Cc1ccccc1-2. The van der Waals surface area contributed by atoms with E-state index < -0.39 is 0 Å². The Morgan fingerprint density at radius 3 is 1.25 bits per heavy atom. The van der Waals surface area contributed by atoms with E-state index in [1.165, 1.54) is 44.5 Å². The molecule has 0 aromatic heterocycles. The fraction of sp³-hybridized carbons (Fsp3) is 0.333. The van der Waals surface area contributed by atoms with Gasteiger partial charge in [0, 0.05) is 0 Å². The lowest BCUT2D eigenvalue weighted by Crippen LogP contribution is -2.19. The number of hydrogen-bond donors (Lipinski definition) is 0. The van der Waals surface area contributed by atoms with Crippen molar-refractivity contribution in [2.24, 2.45) is 0 Å². The molecule has 0 fully saturated rings. The first kappa shape index (κ1) is 23.3. The van der Waals surface area contributed by atoms with Crippen LogP contribution >= 0.6 is 0 Å². The van der Waals surface area contributed by atoms with Gasteiger partial charge >= 0.3 is 0 Å². The van der Waals surface area contributed by atoms with Gasteiger partial charge in [0.05, 0.1) is 0 Å². The van der Waals surface area contributed by atoms with Gasteiger partial charge in [0.15, 0.2) is 0 Å². The molecule has 0 amide bonds. The maximum atomic E-state index is 2.42. The van der Waals surface area contributed by atoms with E-state index in [0.717, 1.165) is 25.7 Å². The molecule has 0 unspecified atom stereocenters. The molecule has 2 aliphatic carbocycles. The van der Waals surface area contributed by atoms with Crippen molar-refractivity contribution in [1.29, 1.82) is 0 Å². The second kappa shape index (κ2) is 8.20. The molecule has 0 heteroatoms. The van der Waals surface area contributed by atoms with Crippen molar-refractivity contribution < 1.29 is 0 Å². The third-order valence-corrected chi connectivity index (χ3v) is 8.45. The van der Waals surface area contributed by atoms with Crippen LogP contribution in [0.4, 0.5) is 0 Å². The van der Waals surface area contributed by atoms with E-state index in [0.29, 0.717) is 0 Å². The van der Waals surface area contributed by atoms with Gasteiger partial charge < -0.3 is 0 Å². The van der Waals surface area contributed by atoms with Crippen molar-refractivity contribution in [2.45, 2.75) is 78.1 Å². The Morgan fingerprint density at radius 1 is 0.472 bits per heavy atom. The first-order chi connectivity index (χ1) is 17.1. The van der Waals surface area contributed by atoms with Crippen LogP contribution < -0.4 is 0 Å². The third-order valence-electron chi connectivity index (χ3n) is 8.45. The zero-order valence-corrected chi connectivity index (χ0v) is 22.8. The molecule has 0 heterocycles. The van der Waals surface area contributed by atoms with Crippen LogP contribution in [0.5, 0.6) is 0 Å². The summed E-state index contributed by atoms with van der Waals surface area (Å²) < 4.78 is 0. The maximum Gasteiger partial charge on any atom is -0.00106 e. The van der Waals surface area contributed by atoms with Crippen molar-refractivity contribution >= 4 is 0 Å². The molecule has 4 aromatic rings. The van der Waals surface area contributed by atoms with Crippen molar-refractivity contribution in [2.75, 3.05) is 0 Å². The molecule has 2 aliphatic rings. The molecule has 0 saturated carbocycles. The van der Waals surface area contributed by atoms with Gasteiger partial charge in [-0.2, -0.15) is 0 Å². The van der Waals surface area contributed by atoms with E-state index >= 15 is 0 Å². The van der Waals surface area contributed by atoms with Gasteiger partial charge in [-0.05, 0) is 103 Å². The largest absolute Gasteiger partial charge is 0.0619 e. The fourth-order valence-electron chi connectivity index (χ4n) is 6.78. The molecule has 0 radical (unpaired) electrons. The van der Waals surface area contributed by atoms with E-state index in [9.17, 15) is 0 Å². The van der Waals surface area contributed by atoms with E-state index in [1.54, 1.807) is 22.3 Å². The van der Waals surface area contributed by atoms with E-state index in [1.807, 2.05) is 0 Å². The summed E-state index contributed by atoms with van der Waals surface area (Å²) in [5.41, 5.74) is 18.3. The Labute approximate surface area is 217 Å². The molecule has 0 saturated heterocycles. The minimum Gasteiger partial charge on any atom is -0.0619 e. The highest BCUT2D eigenvalue weighted by molar-refractivity contribution is 5.80. The molecule has 0 spiro atoms. The summed E-state index contributed by atoms with van der Waals surface area (Å²) in [6, 6.07) is 27.6. The zero-order valence-electron chi connectivity index (χ0n) is 22.8. The Morgan fingerprint density at radius 2 is 0.861 bits per heavy atom. The van der Waals surface area contributed by atoms with Crippen molar-refractivity contribution in [1.82, 2.24) is 0 Å². The highest BCUT2D eigenvalue weighted by atomic mass is 14.3. The van der Waals surface area contributed by atoms with Crippen LogP contribution in [0.1, 0.15) is 86.1 Å². The molecule has 0 bridgehead atoms. The predicted octanol–water partition coefficient (Wildman–Crippen LogP) is 9.21. The van der Waals surface area contributed by atoms with E-state index in [4.69, 9.17) is 0 Å². The standard InChI is InChI=1S/C36H38/c1-35(2,3)33-19-17-27-25-13-9-7-11-23(25)21-31(27)29(33)15-16-30-32-22-24-12-8-10-14-26(24)28(32)18-20-34(30)36(4,5)6/h7-14,17-20H,15-16,21-22H2,1-6H3. The van der Waals surface area contributed by atoms with Gasteiger partial charge in [-0.1, -0.05) is 114 Å². The van der Waals surface area contributed by atoms with Gasteiger partial charge in [0.1, 0.15) is 0 Å². The quantitative estimate of drug-likeness (QED) is 0.242. The number of hydrogen-bond acceptors (Lipinski definition) is 0. The zero-order chi connectivity index (χ0) is 25.2. The smallest absolute Gasteiger partial charge is 0.00106 e. The normalized spacial score (nSPS) is 13.8. The fourth-order valence-corrected chi connectivity index (χ4v) is 6.78. The molecule has 6 rings (SSSR count). The lowest BCUT2D eigenvalue weighted by molar-refractivity contribution is 0.574. The van der Waals surface area contributed by atoms with Crippen LogP contribution in [0.15, 0.2) is 72.8 Å². The van der Waals surface area contributed by atoms with Crippen molar-refractivity contribution in [3.05, 3.63) is 117 Å². The van der Waals surface area contributed by atoms with Crippen LogP contribution in [-0.2, 0) is 36.5 Å². The Bertz CT molecular complexity index is 1370. The summed E-state index contributed by atoms with van der Waals surface area (Å²) in [4.78, 5) is 0. The number of benzene rings is 4. The van der Waals surface area contributed by atoms with Gasteiger partial charge in [-0.25, -0.2) is 0 Å². The van der Waals surface area contributed by atoms with Gasteiger partial charge in [0.2, 0.25) is 0 Å². The summed E-state index contributed by atoms with van der Waals surface area (Å²) >= 11 is 0. The van der Waals surface area contributed by atoms with Crippen molar-refractivity contribution in [3.63, 3.8) is 0 Å². The minimum atomic E-state index is 0.126. The molecule has 4 aromatic carbocycles. The average molecular weight is 471 g/mol. The molecule has 36 heavy (non-hydrogen) atoms. The molecule has 0 aliphatic heterocycles. The molecule has 182 valence electrons. The van der Waals surface area contributed by atoms with E-state index in [-0.39, 0.29) is 10.8 Å². The Hall–Kier alpha value is -3.12. The number of fused-ring (bicyclic) bond motifs is 6. The Balaban J connectivity index is 1.47. The van der Waals surface area contributed by atoms with Crippen LogP contribution in [0.25, 0.3) is 22.3 Å². The van der Waals surface area contributed by atoms with Crippen molar-refractivity contribution in [3.8, 4) is 22.3 Å². The van der Waals surface area contributed by atoms with E-state index in [2.05, 4.69) is 114 Å². The van der Waals surface area contributed by atoms with Crippen LogP contribution in [0.3, 0.4) is 0 Å². The predicted molar refractivity (Wildman–Crippen MR) is 154 cm³/mol. The first-order valence-corrected chi connectivity index (χ1v) is 13.6. The van der Waals surface area contributed by atoms with Gasteiger partial charge in [-0.3, -0.25) is 0 Å². The average Bonchev–Trinajstić information content (AvgIpc) is 3.39. The summed E-state index contributed by atoms with van der Waals surface area (Å²) in [5, 5.41) is 0. The lowest BCUT2D eigenvalue weighted by atomic mass is 9.76. The molecule has 0 N–H and O–H groups in total. The topological polar surface area (TPSA) is 0 Å². The summed E-state index contributed by atoms with van der Waals surface area (Å²) in [6.07, 6.45) is 4.32. The third kappa shape index (κ3) is 3.74. The molecular formula is C36H38. The lowest BCUT2D eigenvalue weighted by Gasteiger charge is -2.28. The first-order valence-electron chi connectivity index (χ1n) is 13.6. The second-order valence-corrected chi connectivity index (χ2v) is 12.9. The molecule has 0 atom stereocenters. The highest BCUT2D eigenvalue weighted by Gasteiger charge is 2.30. The minimum absolute atomic E-state index is 0.126. The number of rotatable bonds is 3. The second-order valence-electron chi connectivity index (χ2n) is 12.9. The summed E-state index contributed by atoms with van der Waals surface area (Å²) in [6.45, 7) is 14.2. The highest BCUT2D eigenvalue weighted by Crippen LogP contribution is 2.45. The molecular weight excluding hydrogens is 432 g/mol. The van der Waals surface area contributed by atoms with Gasteiger partial charge in [0.25, 0.3) is 0 Å². The maximum absolute atomic E-state index is 2.42. The van der Waals surface area contributed by atoms with Crippen LogP contribution in [-0.4, -0.2) is 0 Å². The summed E-state index contributed by atoms with van der Waals surface area (Å²) in [7, 11) is 0. The van der Waals surface area contributed by atoms with Crippen LogP contribution in [0.2, 0.25) is 0 Å². The molecule has 0 nitrogen and oxygen atoms in total. The summed E-state index contributed by atoms with van der Waals surface area (Å²) in [5.74, 6) is 0. The monoisotopic (exact) mass is 470 g/mol. The van der Waals surface area contributed by atoms with Crippen LogP contribution in [0, 0.1) is 0 Å². The Kier molecular flexibility index (Phi) is 5.31. The van der Waals surface area contributed by atoms with Gasteiger partial charge in [-0.15, -0.1) is 0 Å².